The number of aryl methyl sites for hydroxylation is 1. The molecule has 0 saturated carbocycles. The van der Waals surface area contributed by atoms with Crippen molar-refractivity contribution in [2.24, 2.45) is 0 Å². The molecule has 0 aliphatic heterocycles. The molecule has 54 valence electrons. The Morgan fingerprint density at radius 1 is 1.30 bits per heavy atom. The first-order valence-corrected chi connectivity index (χ1v) is 3.50. The van der Waals surface area contributed by atoms with Gasteiger partial charge in [-0.3, -0.25) is 0 Å². The average molecular weight is 139 g/mol. The highest BCUT2D eigenvalue weighted by molar-refractivity contribution is 5.12. The van der Waals surface area contributed by atoms with E-state index < -0.39 is 0 Å². The van der Waals surface area contributed by atoms with Gasteiger partial charge in [0.2, 0.25) is 0 Å². The summed E-state index contributed by atoms with van der Waals surface area (Å²) in [6, 6.07) is 0. The van der Waals surface area contributed by atoms with E-state index in [1.54, 1.807) is 0 Å². The molecule has 4 nitrogen and oxygen atoms in total. The second-order valence-electron chi connectivity index (χ2n) is 2.58. The van der Waals surface area contributed by atoms with Crippen LogP contribution in [-0.2, 0) is 12.8 Å². The molecule has 0 fully saturated rings. The van der Waals surface area contributed by atoms with E-state index in [1.807, 2.05) is 0 Å². The molecule has 1 aromatic rings. The minimum Gasteiger partial charge on any atom is -0.410 e. The largest absolute Gasteiger partial charge is 0.410 e. The second kappa shape index (κ2) is 1.97. The highest BCUT2D eigenvalue weighted by atomic mass is 16.5. The van der Waals surface area contributed by atoms with E-state index in [-0.39, 0.29) is 0 Å². The van der Waals surface area contributed by atoms with E-state index in [1.165, 1.54) is 6.42 Å². The molecule has 1 aliphatic carbocycles. The Kier molecular flexibility index (Phi) is 1.12. The smallest absolute Gasteiger partial charge is 0.103 e. The van der Waals surface area contributed by atoms with E-state index >= 15 is 0 Å². The minimum absolute atomic E-state index is 0.895. The fourth-order valence-corrected chi connectivity index (χ4v) is 1.35. The fourth-order valence-electron chi connectivity index (χ4n) is 1.35. The maximum atomic E-state index is 9.04. The summed E-state index contributed by atoms with van der Waals surface area (Å²) in [5.41, 5.74) is 1.86. The van der Waals surface area contributed by atoms with Crippen LogP contribution >= 0.6 is 0 Å². The Morgan fingerprint density at radius 2 is 2.10 bits per heavy atom. The number of rotatable bonds is 0. The normalized spacial score (nSPS) is 16.8. The van der Waals surface area contributed by atoms with Crippen molar-refractivity contribution in [1.29, 1.82) is 0 Å². The summed E-state index contributed by atoms with van der Waals surface area (Å²) in [7, 11) is 0. The van der Waals surface area contributed by atoms with Gasteiger partial charge in [-0.25, -0.2) is 0 Å². The van der Waals surface area contributed by atoms with Crippen LogP contribution in [0.3, 0.4) is 0 Å². The molecule has 1 N–H and O–H groups in total. The van der Waals surface area contributed by atoms with Gasteiger partial charge in [0.1, 0.15) is 5.69 Å². The van der Waals surface area contributed by atoms with Crippen molar-refractivity contribution in [3.05, 3.63) is 11.4 Å². The van der Waals surface area contributed by atoms with E-state index in [2.05, 4.69) is 10.3 Å². The molecule has 4 heteroatoms. The Hall–Kier alpha value is -1.06. The number of fused-ring (bicyclic) bond motifs is 1. The zero-order valence-corrected chi connectivity index (χ0v) is 5.62. The zero-order chi connectivity index (χ0) is 6.97. The Balaban J connectivity index is 2.45. The molecule has 0 spiro atoms. The van der Waals surface area contributed by atoms with Gasteiger partial charge in [0, 0.05) is 0 Å². The van der Waals surface area contributed by atoms with Crippen molar-refractivity contribution in [2.75, 3.05) is 0 Å². The van der Waals surface area contributed by atoms with Crippen molar-refractivity contribution < 1.29 is 5.21 Å². The van der Waals surface area contributed by atoms with E-state index in [0.29, 0.717) is 0 Å². The lowest BCUT2D eigenvalue weighted by Gasteiger charge is -2.07. The predicted molar refractivity (Wildman–Crippen MR) is 33.8 cm³/mol. The first kappa shape index (κ1) is 5.70. The summed E-state index contributed by atoms with van der Waals surface area (Å²) in [4.78, 5) is 0.897. The summed E-state index contributed by atoms with van der Waals surface area (Å²) in [5, 5.41) is 16.4. The summed E-state index contributed by atoms with van der Waals surface area (Å²) in [6.07, 6.45) is 4.20. The molecule has 1 aromatic heterocycles. The molecule has 0 saturated heterocycles. The van der Waals surface area contributed by atoms with Crippen LogP contribution in [0.2, 0.25) is 0 Å². The van der Waals surface area contributed by atoms with Crippen LogP contribution in [0.15, 0.2) is 0 Å². The third-order valence-electron chi connectivity index (χ3n) is 1.90. The molecule has 0 atom stereocenters. The number of nitrogens with zero attached hydrogens (tertiary/aromatic N) is 3. The maximum Gasteiger partial charge on any atom is 0.103 e. The van der Waals surface area contributed by atoms with Crippen molar-refractivity contribution in [3.8, 4) is 0 Å². The van der Waals surface area contributed by atoms with Gasteiger partial charge in [-0.15, -0.1) is 5.10 Å². The average Bonchev–Trinajstić information content (AvgIpc) is 2.34. The van der Waals surface area contributed by atoms with Crippen LogP contribution in [0.4, 0.5) is 0 Å². The van der Waals surface area contributed by atoms with Gasteiger partial charge in [-0.1, -0.05) is 4.85 Å². The first-order valence-electron chi connectivity index (χ1n) is 3.50. The third-order valence-corrected chi connectivity index (χ3v) is 1.90. The Morgan fingerprint density at radius 3 is 2.90 bits per heavy atom. The van der Waals surface area contributed by atoms with Crippen molar-refractivity contribution in [1.82, 2.24) is 15.2 Å². The molecule has 10 heavy (non-hydrogen) atoms. The topological polar surface area (TPSA) is 50.9 Å². The Labute approximate surface area is 58.4 Å². The summed E-state index contributed by atoms with van der Waals surface area (Å²) in [5.74, 6) is 0. The van der Waals surface area contributed by atoms with Crippen molar-refractivity contribution in [3.63, 3.8) is 0 Å². The monoisotopic (exact) mass is 139 g/mol. The molecular weight excluding hydrogens is 130 g/mol. The number of aromatic nitrogens is 3. The van der Waals surface area contributed by atoms with Gasteiger partial charge in [-0.05, 0) is 30.9 Å². The van der Waals surface area contributed by atoms with Crippen LogP contribution in [0.25, 0.3) is 0 Å². The molecule has 1 aliphatic rings. The SMILES string of the molecule is On1nnc2c1CCCC2. The molecule has 0 radical (unpaired) electrons. The molecule has 1 heterocycles. The molecule has 0 amide bonds. The Bertz CT molecular complexity index is 243. The van der Waals surface area contributed by atoms with Crippen molar-refractivity contribution in [2.45, 2.75) is 25.7 Å². The minimum atomic E-state index is 0.895. The van der Waals surface area contributed by atoms with Gasteiger partial charge >= 0.3 is 0 Å². The summed E-state index contributed by atoms with van der Waals surface area (Å²) >= 11 is 0. The van der Waals surface area contributed by atoms with Crippen LogP contribution in [0.1, 0.15) is 24.2 Å². The number of hydrogen-bond donors (Lipinski definition) is 1. The van der Waals surface area contributed by atoms with Crippen LogP contribution in [0.5, 0.6) is 0 Å². The van der Waals surface area contributed by atoms with Crippen LogP contribution in [-0.4, -0.2) is 20.4 Å². The summed E-state index contributed by atoms with van der Waals surface area (Å²) in [6.45, 7) is 0. The molecular formula is C6H9N3O. The molecule has 0 aromatic carbocycles. The van der Waals surface area contributed by atoms with E-state index in [9.17, 15) is 0 Å². The predicted octanol–water partition coefficient (Wildman–Crippen LogP) is 0.394. The summed E-state index contributed by atoms with van der Waals surface area (Å²) < 4.78 is 0. The standard InChI is InChI=1S/C6H9N3O/c10-9-6-4-2-1-3-5(6)7-8-9/h10H,1-4H2. The molecule has 2 rings (SSSR count). The maximum absolute atomic E-state index is 9.04. The first-order chi connectivity index (χ1) is 4.88. The number of hydrogen-bond acceptors (Lipinski definition) is 3. The molecule has 0 bridgehead atoms. The molecule has 0 unspecified atom stereocenters. The second-order valence-corrected chi connectivity index (χ2v) is 2.58. The van der Waals surface area contributed by atoms with Crippen LogP contribution in [0, 0.1) is 0 Å². The lowest BCUT2D eigenvalue weighted by Crippen LogP contribution is -2.06. The van der Waals surface area contributed by atoms with Crippen LogP contribution < -0.4 is 0 Å². The highest BCUT2D eigenvalue weighted by Crippen LogP contribution is 2.16. The third kappa shape index (κ3) is 0.683. The van der Waals surface area contributed by atoms with Gasteiger partial charge in [0.15, 0.2) is 0 Å². The van der Waals surface area contributed by atoms with E-state index in [4.69, 9.17) is 5.21 Å². The highest BCUT2D eigenvalue weighted by Gasteiger charge is 2.15. The van der Waals surface area contributed by atoms with E-state index in [0.717, 1.165) is 35.5 Å². The fraction of sp³-hybridized carbons (Fsp3) is 0.667. The zero-order valence-electron chi connectivity index (χ0n) is 5.62. The lowest BCUT2D eigenvalue weighted by molar-refractivity contribution is 0.133. The lowest BCUT2D eigenvalue weighted by atomic mass is 10.0. The van der Waals surface area contributed by atoms with Gasteiger partial charge in [0.05, 0.1) is 5.69 Å². The van der Waals surface area contributed by atoms with Gasteiger partial charge < -0.3 is 5.21 Å². The quantitative estimate of drug-likeness (QED) is 0.529. The van der Waals surface area contributed by atoms with Crippen molar-refractivity contribution >= 4 is 0 Å². The van der Waals surface area contributed by atoms with Gasteiger partial charge in [-0.2, -0.15) is 0 Å². The van der Waals surface area contributed by atoms with Gasteiger partial charge in [0.25, 0.3) is 0 Å².